The Morgan fingerprint density at radius 1 is 1.32 bits per heavy atom. The van der Waals surface area contributed by atoms with Crippen molar-refractivity contribution < 1.29 is 0 Å². The summed E-state index contributed by atoms with van der Waals surface area (Å²) >= 11 is 7.63. The van der Waals surface area contributed by atoms with Crippen molar-refractivity contribution >= 4 is 34.4 Å². The van der Waals surface area contributed by atoms with Gasteiger partial charge >= 0.3 is 0 Å². The van der Waals surface area contributed by atoms with Gasteiger partial charge in [0.2, 0.25) is 0 Å². The molecule has 19 heavy (non-hydrogen) atoms. The molecule has 0 atom stereocenters. The molecule has 0 unspecified atom stereocenters. The summed E-state index contributed by atoms with van der Waals surface area (Å²) < 4.78 is 3.52. The molecule has 0 aliphatic carbocycles. The first-order valence-electron chi connectivity index (χ1n) is 5.46. The molecule has 0 radical (unpaired) electrons. The Kier molecular flexibility index (Phi) is 3.11. The minimum Gasteiger partial charge on any atom is -0.312 e. The minimum atomic E-state index is 0.423. The topological polar surface area (TPSA) is 74.3 Å². The zero-order valence-electron chi connectivity index (χ0n) is 10.3. The van der Waals surface area contributed by atoms with Gasteiger partial charge in [-0.25, -0.2) is 9.97 Å². The smallest absolute Gasteiger partial charge is 0.191 e. The molecule has 0 saturated heterocycles. The van der Waals surface area contributed by atoms with E-state index in [-0.39, 0.29) is 0 Å². The van der Waals surface area contributed by atoms with Crippen LogP contribution in [0.4, 0.5) is 0 Å². The van der Waals surface area contributed by atoms with Crippen LogP contribution in [0.1, 0.15) is 5.82 Å². The molecule has 0 spiro atoms. The number of aromatic nitrogens is 7. The van der Waals surface area contributed by atoms with Crippen molar-refractivity contribution in [1.29, 1.82) is 0 Å². The fraction of sp³-hybridized carbons (Fsp3) is 0.300. The summed E-state index contributed by atoms with van der Waals surface area (Å²) in [5, 5.41) is 13.9. The van der Waals surface area contributed by atoms with Crippen LogP contribution in [-0.2, 0) is 19.8 Å². The fourth-order valence-electron chi connectivity index (χ4n) is 1.63. The molecule has 0 saturated carbocycles. The van der Waals surface area contributed by atoms with E-state index in [1.165, 1.54) is 11.8 Å². The lowest BCUT2D eigenvalue weighted by Gasteiger charge is -2.02. The lowest BCUT2D eigenvalue weighted by Crippen LogP contribution is -1.99. The molecule has 0 bridgehead atoms. The van der Waals surface area contributed by atoms with Gasteiger partial charge in [0.15, 0.2) is 10.8 Å². The third kappa shape index (κ3) is 2.28. The largest absolute Gasteiger partial charge is 0.312 e. The highest BCUT2D eigenvalue weighted by atomic mass is 35.5. The first-order chi connectivity index (χ1) is 9.15. The number of halogens is 1. The van der Waals surface area contributed by atoms with Crippen molar-refractivity contribution in [1.82, 2.24) is 34.5 Å². The van der Waals surface area contributed by atoms with Gasteiger partial charge < -0.3 is 4.57 Å². The number of aryl methyl sites for hydroxylation is 2. The maximum Gasteiger partial charge on any atom is 0.191 e. The summed E-state index contributed by atoms with van der Waals surface area (Å²) in [4.78, 5) is 8.72. The van der Waals surface area contributed by atoms with Crippen LogP contribution >= 0.6 is 23.4 Å². The minimum absolute atomic E-state index is 0.423. The van der Waals surface area contributed by atoms with Crippen molar-refractivity contribution in [2.24, 2.45) is 14.1 Å². The zero-order chi connectivity index (χ0) is 13.4. The molecule has 7 nitrogen and oxygen atoms in total. The predicted molar refractivity (Wildman–Crippen MR) is 71.9 cm³/mol. The van der Waals surface area contributed by atoms with Crippen molar-refractivity contribution in [3.63, 3.8) is 0 Å². The molecule has 0 aliphatic rings. The van der Waals surface area contributed by atoms with Crippen LogP contribution in [0.2, 0.25) is 5.15 Å². The average molecular weight is 296 g/mol. The van der Waals surface area contributed by atoms with Crippen LogP contribution in [0.5, 0.6) is 0 Å². The second-order valence-corrected chi connectivity index (χ2v) is 5.25. The van der Waals surface area contributed by atoms with Gasteiger partial charge in [0.05, 0.1) is 17.3 Å². The highest BCUT2D eigenvalue weighted by Crippen LogP contribution is 2.23. The maximum atomic E-state index is 6.12. The molecule has 98 valence electrons. The van der Waals surface area contributed by atoms with E-state index < -0.39 is 0 Å². The molecule has 0 amide bonds. The number of rotatable bonds is 3. The Hall–Kier alpha value is -1.67. The molecule has 0 aliphatic heterocycles. The molecule has 3 rings (SSSR count). The molecular weight excluding hydrogens is 286 g/mol. The van der Waals surface area contributed by atoms with Gasteiger partial charge in [-0.05, 0) is 0 Å². The van der Waals surface area contributed by atoms with Crippen LogP contribution in [0.3, 0.4) is 0 Å². The molecule has 0 fully saturated rings. The van der Waals surface area contributed by atoms with Gasteiger partial charge in [-0.15, -0.1) is 10.2 Å². The fourth-order valence-corrected chi connectivity index (χ4v) is 2.60. The molecule has 9 heteroatoms. The van der Waals surface area contributed by atoms with Crippen LogP contribution in [-0.4, -0.2) is 34.5 Å². The van der Waals surface area contributed by atoms with Gasteiger partial charge in [0.25, 0.3) is 0 Å². The van der Waals surface area contributed by atoms with Crippen LogP contribution in [0.25, 0.3) is 11.0 Å². The van der Waals surface area contributed by atoms with E-state index in [4.69, 9.17) is 11.6 Å². The van der Waals surface area contributed by atoms with E-state index in [0.29, 0.717) is 16.7 Å². The number of hydrogen-bond donors (Lipinski definition) is 0. The van der Waals surface area contributed by atoms with Crippen molar-refractivity contribution in [2.45, 2.75) is 10.9 Å². The number of thioether (sulfide) groups is 1. The van der Waals surface area contributed by atoms with Crippen LogP contribution < -0.4 is 0 Å². The lowest BCUT2D eigenvalue weighted by atomic mass is 10.4. The average Bonchev–Trinajstić information content (AvgIpc) is 2.95. The summed E-state index contributed by atoms with van der Waals surface area (Å²) in [5.74, 6) is 1.22. The third-order valence-corrected chi connectivity index (χ3v) is 3.91. The summed E-state index contributed by atoms with van der Waals surface area (Å²) in [5.41, 5.74) is 0.730. The van der Waals surface area contributed by atoms with Crippen molar-refractivity contribution in [3.8, 4) is 0 Å². The van der Waals surface area contributed by atoms with E-state index >= 15 is 0 Å². The van der Waals surface area contributed by atoms with Crippen LogP contribution in [0.15, 0.2) is 17.7 Å². The highest BCUT2D eigenvalue weighted by molar-refractivity contribution is 7.98. The Morgan fingerprint density at radius 3 is 2.89 bits per heavy atom. The molecule has 3 aromatic rings. The van der Waals surface area contributed by atoms with Gasteiger partial charge in [-0.2, -0.15) is 5.10 Å². The second-order valence-electron chi connectivity index (χ2n) is 3.95. The van der Waals surface area contributed by atoms with Crippen molar-refractivity contribution in [2.75, 3.05) is 0 Å². The standard InChI is InChI=1S/C10H10ClN7S/c1-17-5-12-16-10(17)19-4-7-14-8(11)6-3-13-18(2)9(6)15-7/h3,5H,4H2,1-2H3. The third-order valence-electron chi connectivity index (χ3n) is 2.59. The highest BCUT2D eigenvalue weighted by Gasteiger charge is 2.11. The van der Waals surface area contributed by atoms with Crippen molar-refractivity contribution in [3.05, 3.63) is 23.5 Å². The van der Waals surface area contributed by atoms with E-state index in [9.17, 15) is 0 Å². The molecule has 3 heterocycles. The quantitative estimate of drug-likeness (QED) is 0.538. The molecule has 0 aromatic carbocycles. The number of nitrogens with zero attached hydrogens (tertiary/aromatic N) is 7. The zero-order valence-corrected chi connectivity index (χ0v) is 11.9. The van der Waals surface area contributed by atoms with Gasteiger partial charge in [-0.1, -0.05) is 23.4 Å². The summed E-state index contributed by atoms with van der Waals surface area (Å²) in [6.07, 6.45) is 3.32. The number of fused-ring (bicyclic) bond motifs is 1. The Balaban J connectivity index is 1.89. The van der Waals surface area contributed by atoms with Gasteiger partial charge in [-0.3, -0.25) is 4.68 Å². The summed E-state index contributed by atoms with van der Waals surface area (Å²) in [7, 11) is 3.71. The second kappa shape index (κ2) is 4.78. The van der Waals surface area contributed by atoms with Gasteiger partial charge in [0, 0.05) is 14.1 Å². The monoisotopic (exact) mass is 295 g/mol. The number of hydrogen-bond acceptors (Lipinski definition) is 6. The normalized spacial score (nSPS) is 11.3. The molecule has 0 N–H and O–H groups in total. The first-order valence-corrected chi connectivity index (χ1v) is 6.82. The predicted octanol–water partition coefficient (Wildman–Crippen LogP) is 1.44. The summed E-state index contributed by atoms with van der Waals surface area (Å²) in [6.45, 7) is 0. The van der Waals surface area contributed by atoms with Crippen LogP contribution in [0, 0.1) is 0 Å². The maximum absolute atomic E-state index is 6.12. The SMILES string of the molecule is Cn1cnnc1SCc1nc(Cl)c2cnn(C)c2n1. The Morgan fingerprint density at radius 2 is 2.16 bits per heavy atom. The van der Waals surface area contributed by atoms with E-state index in [1.807, 2.05) is 18.7 Å². The lowest BCUT2D eigenvalue weighted by molar-refractivity contribution is 0.780. The van der Waals surface area contributed by atoms with E-state index in [0.717, 1.165) is 16.2 Å². The van der Waals surface area contributed by atoms with E-state index in [1.54, 1.807) is 17.2 Å². The summed E-state index contributed by atoms with van der Waals surface area (Å²) in [6, 6.07) is 0. The van der Waals surface area contributed by atoms with Gasteiger partial charge in [0.1, 0.15) is 17.3 Å². The first kappa shape index (κ1) is 12.4. The molecular formula is C10H10ClN7S. The molecule has 3 aromatic heterocycles. The Bertz CT molecular complexity index is 735. The Labute approximate surface area is 118 Å². The van der Waals surface area contributed by atoms with E-state index in [2.05, 4.69) is 25.3 Å².